The molecule has 2 nitrogen and oxygen atoms in total. The van der Waals surface area contributed by atoms with Crippen LogP contribution in [0.1, 0.15) is 0 Å². The molecule has 0 N–H and O–H groups in total. The number of benzene rings is 5. The van der Waals surface area contributed by atoms with Gasteiger partial charge in [-0.25, -0.2) is 0 Å². The summed E-state index contributed by atoms with van der Waals surface area (Å²) in [5.41, 5.74) is 8.13. The van der Waals surface area contributed by atoms with Crippen molar-refractivity contribution in [2.45, 2.75) is 0 Å². The largest absolute Gasteiger partial charge is 0.309 e. The van der Waals surface area contributed by atoms with Crippen LogP contribution in [0.25, 0.3) is 43.9 Å². The molecule has 33 heavy (non-hydrogen) atoms. The van der Waals surface area contributed by atoms with E-state index in [-0.39, 0.29) is 0 Å². The first kappa shape index (κ1) is 18.2. The second kappa shape index (κ2) is 7.04. The normalized spacial score (nSPS) is 12.2. The van der Waals surface area contributed by atoms with Crippen molar-refractivity contribution in [3.8, 4) is 22.4 Å². The minimum atomic E-state index is 1.05. The SMILES string of the molecule is c1ccc(-c2cc3c4c(nccc4c2)-c2cc4ccccc4cc2N3c2ccccc2)cc1. The van der Waals surface area contributed by atoms with Gasteiger partial charge in [0.15, 0.2) is 0 Å². The van der Waals surface area contributed by atoms with Crippen molar-refractivity contribution in [1.29, 1.82) is 0 Å². The molecule has 0 atom stereocenters. The molecule has 6 aromatic rings. The van der Waals surface area contributed by atoms with Crippen LogP contribution in [0.4, 0.5) is 17.1 Å². The average Bonchev–Trinajstić information content (AvgIpc) is 2.89. The molecule has 0 radical (unpaired) electrons. The van der Waals surface area contributed by atoms with E-state index in [1.54, 1.807) is 0 Å². The van der Waals surface area contributed by atoms with Gasteiger partial charge >= 0.3 is 0 Å². The van der Waals surface area contributed by atoms with Crippen LogP contribution >= 0.6 is 0 Å². The van der Waals surface area contributed by atoms with Crippen LogP contribution in [0.15, 0.2) is 121 Å². The van der Waals surface area contributed by atoms with Crippen LogP contribution in [0.5, 0.6) is 0 Å². The monoisotopic (exact) mass is 420 g/mol. The number of anilines is 3. The summed E-state index contributed by atoms with van der Waals surface area (Å²) >= 11 is 0. The predicted octanol–water partition coefficient (Wildman–Crippen LogP) is 8.51. The third-order valence-electron chi connectivity index (χ3n) is 6.57. The van der Waals surface area contributed by atoms with E-state index in [1.165, 1.54) is 43.9 Å². The molecule has 0 fully saturated rings. The van der Waals surface area contributed by atoms with Gasteiger partial charge in [-0.1, -0.05) is 72.8 Å². The summed E-state index contributed by atoms with van der Waals surface area (Å²) in [6, 6.07) is 41.1. The highest BCUT2D eigenvalue weighted by atomic mass is 15.2. The van der Waals surface area contributed by atoms with Gasteiger partial charge in [0.2, 0.25) is 0 Å². The average molecular weight is 421 g/mol. The number of hydrogen-bond donors (Lipinski definition) is 0. The maximum absolute atomic E-state index is 4.89. The Balaban J connectivity index is 1.62. The van der Waals surface area contributed by atoms with Gasteiger partial charge in [-0.05, 0) is 69.8 Å². The predicted molar refractivity (Wildman–Crippen MR) is 138 cm³/mol. The Morgan fingerprint density at radius 3 is 2.00 bits per heavy atom. The maximum atomic E-state index is 4.89. The third-order valence-corrected chi connectivity index (χ3v) is 6.57. The molecule has 1 aromatic heterocycles. The molecule has 0 saturated heterocycles. The van der Waals surface area contributed by atoms with E-state index < -0.39 is 0 Å². The molecule has 154 valence electrons. The molecular formula is C31H20N2. The van der Waals surface area contributed by atoms with Gasteiger partial charge < -0.3 is 4.90 Å². The van der Waals surface area contributed by atoms with E-state index in [4.69, 9.17) is 4.98 Å². The number of pyridine rings is 1. The van der Waals surface area contributed by atoms with Crippen molar-refractivity contribution >= 4 is 38.6 Å². The summed E-state index contributed by atoms with van der Waals surface area (Å²) in [6.45, 7) is 0. The number of nitrogens with zero attached hydrogens (tertiary/aromatic N) is 2. The van der Waals surface area contributed by atoms with Crippen molar-refractivity contribution in [1.82, 2.24) is 4.98 Å². The van der Waals surface area contributed by atoms with Crippen LogP contribution in [-0.4, -0.2) is 4.98 Å². The fourth-order valence-corrected chi connectivity index (χ4v) is 5.06. The van der Waals surface area contributed by atoms with E-state index in [0.29, 0.717) is 0 Å². The van der Waals surface area contributed by atoms with Gasteiger partial charge in [-0.3, -0.25) is 4.98 Å². The molecule has 1 aliphatic rings. The Hall–Kier alpha value is -4.43. The Morgan fingerprint density at radius 1 is 0.515 bits per heavy atom. The first-order valence-electron chi connectivity index (χ1n) is 11.2. The van der Waals surface area contributed by atoms with Crippen molar-refractivity contribution in [3.05, 3.63) is 121 Å². The topological polar surface area (TPSA) is 16.1 Å². The molecule has 7 rings (SSSR count). The van der Waals surface area contributed by atoms with Crippen molar-refractivity contribution in [2.75, 3.05) is 4.90 Å². The van der Waals surface area contributed by atoms with Gasteiger partial charge in [0.1, 0.15) is 0 Å². The lowest BCUT2D eigenvalue weighted by Crippen LogP contribution is -2.15. The second-order valence-corrected chi connectivity index (χ2v) is 8.51. The van der Waals surface area contributed by atoms with E-state index in [1.807, 2.05) is 6.20 Å². The summed E-state index contributed by atoms with van der Waals surface area (Å²) in [5, 5.41) is 4.86. The van der Waals surface area contributed by atoms with Crippen LogP contribution in [0, 0.1) is 0 Å². The highest BCUT2D eigenvalue weighted by Gasteiger charge is 2.28. The first-order valence-corrected chi connectivity index (χ1v) is 11.2. The summed E-state index contributed by atoms with van der Waals surface area (Å²) in [5.74, 6) is 0. The highest BCUT2D eigenvalue weighted by Crippen LogP contribution is 2.52. The molecule has 0 unspecified atom stereocenters. The molecule has 1 aliphatic heterocycles. The van der Waals surface area contributed by atoms with Gasteiger partial charge in [0.05, 0.1) is 17.1 Å². The summed E-state index contributed by atoms with van der Waals surface area (Å²) in [6.07, 6.45) is 1.94. The summed E-state index contributed by atoms with van der Waals surface area (Å²) in [7, 11) is 0. The lowest BCUT2D eigenvalue weighted by atomic mass is 9.90. The van der Waals surface area contributed by atoms with Gasteiger partial charge in [-0.15, -0.1) is 0 Å². The molecule has 2 heterocycles. The first-order chi connectivity index (χ1) is 16.4. The molecule has 0 bridgehead atoms. The Labute approximate surface area is 192 Å². The number of fused-ring (bicyclic) bond motifs is 3. The van der Waals surface area contributed by atoms with E-state index in [0.717, 1.165) is 17.1 Å². The second-order valence-electron chi connectivity index (χ2n) is 8.51. The van der Waals surface area contributed by atoms with Crippen LogP contribution in [0.2, 0.25) is 0 Å². The van der Waals surface area contributed by atoms with E-state index >= 15 is 0 Å². The molecule has 5 aromatic carbocycles. The number of hydrogen-bond acceptors (Lipinski definition) is 2. The van der Waals surface area contributed by atoms with Gasteiger partial charge in [0, 0.05) is 22.8 Å². The zero-order valence-corrected chi connectivity index (χ0v) is 17.9. The van der Waals surface area contributed by atoms with Gasteiger partial charge in [-0.2, -0.15) is 0 Å². The fourth-order valence-electron chi connectivity index (χ4n) is 5.06. The standard InChI is InChI=1S/C31H20N2/c1-3-9-21(10-4-1)25-17-24-15-16-32-31-27-18-22-11-7-8-12-23(22)19-28(27)33(29(20-25)30(24)31)26-13-5-2-6-14-26/h1-20H. The van der Waals surface area contributed by atoms with Crippen molar-refractivity contribution < 1.29 is 0 Å². The third kappa shape index (κ3) is 2.78. The maximum Gasteiger partial charge on any atom is 0.0822 e. The van der Waals surface area contributed by atoms with Gasteiger partial charge in [0.25, 0.3) is 0 Å². The van der Waals surface area contributed by atoms with Crippen molar-refractivity contribution in [2.24, 2.45) is 0 Å². The molecule has 0 amide bonds. The molecule has 0 aliphatic carbocycles. The lowest BCUT2D eigenvalue weighted by molar-refractivity contribution is 1.26. The number of aromatic nitrogens is 1. The smallest absolute Gasteiger partial charge is 0.0822 e. The highest BCUT2D eigenvalue weighted by molar-refractivity contribution is 6.15. The quantitative estimate of drug-likeness (QED) is 0.279. The zero-order valence-electron chi connectivity index (χ0n) is 17.9. The minimum absolute atomic E-state index is 1.05. The van der Waals surface area contributed by atoms with Crippen LogP contribution < -0.4 is 4.90 Å². The Kier molecular flexibility index (Phi) is 3.88. The fraction of sp³-hybridized carbons (Fsp3) is 0. The van der Waals surface area contributed by atoms with Crippen LogP contribution in [-0.2, 0) is 0 Å². The van der Waals surface area contributed by atoms with E-state index in [9.17, 15) is 0 Å². The lowest BCUT2D eigenvalue weighted by Gasteiger charge is -2.33. The molecule has 0 spiro atoms. The summed E-state index contributed by atoms with van der Waals surface area (Å²) < 4.78 is 0. The summed E-state index contributed by atoms with van der Waals surface area (Å²) in [4.78, 5) is 7.28. The number of rotatable bonds is 2. The van der Waals surface area contributed by atoms with Crippen molar-refractivity contribution in [3.63, 3.8) is 0 Å². The Bertz CT molecular complexity index is 1650. The molecular weight excluding hydrogens is 400 g/mol. The zero-order chi connectivity index (χ0) is 21.8. The minimum Gasteiger partial charge on any atom is -0.309 e. The van der Waals surface area contributed by atoms with Crippen LogP contribution in [0.3, 0.4) is 0 Å². The Morgan fingerprint density at radius 2 is 1.21 bits per heavy atom. The molecule has 0 saturated carbocycles. The number of para-hydroxylation sites is 1. The van der Waals surface area contributed by atoms with E-state index in [2.05, 4.69) is 120 Å². The molecule has 2 heteroatoms.